The van der Waals surface area contributed by atoms with Crippen LogP contribution in [-0.4, -0.2) is 29.6 Å². The minimum atomic E-state index is -0.924. The van der Waals surface area contributed by atoms with Crippen LogP contribution in [0.2, 0.25) is 0 Å². The van der Waals surface area contributed by atoms with E-state index in [1.165, 1.54) is 0 Å². The number of allylic oxidation sites excluding steroid dienone is 2. The molecule has 26 heavy (non-hydrogen) atoms. The molecule has 2 aliphatic rings. The molecule has 1 amide bonds. The first-order valence-corrected chi connectivity index (χ1v) is 9.00. The van der Waals surface area contributed by atoms with Gasteiger partial charge in [-0.15, -0.1) is 0 Å². The summed E-state index contributed by atoms with van der Waals surface area (Å²) in [5, 5.41) is 12.2. The number of anilines is 1. The van der Waals surface area contributed by atoms with E-state index in [0.717, 1.165) is 19.3 Å². The number of hydrogen-bond donors (Lipinski definition) is 2. The first kappa shape index (κ1) is 18.2. The van der Waals surface area contributed by atoms with Gasteiger partial charge in [-0.25, -0.2) is 4.79 Å². The Labute approximate surface area is 152 Å². The molecule has 0 heterocycles. The van der Waals surface area contributed by atoms with Gasteiger partial charge in [0.25, 0.3) is 0 Å². The minimum Gasteiger partial charge on any atom is -0.481 e. The summed E-state index contributed by atoms with van der Waals surface area (Å²) in [4.78, 5) is 36.0. The van der Waals surface area contributed by atoms with E-state index in [1.54, 1.807) is 24.3 Å². The van der Waals surface area contributed by atoms with Crippen LogP contribution in [0.25, 0.3) is 0 Å². The maximum atomic E-state index is 12.6. The Morgan fingerprint density at radius 1 is 1.12 bits per heavy atom. The van der Waals surface area contributed by atoms with E-state index in [9.17, 15) is 19.5 Å². The number of fused-ring (bicyclic) bond motifs is 2. The molecule has 0 aromatic heterocycles. The molecule has 6 heteroatoms. The van der Waals surface area contributed by atoms with Crippen LogP contribution < -0.4 is 5.32 Å². The third-order valence-electron chi connectivity index (χ3n) is 5.17. The molecule has 1 aromatic rings. The molecule has 3 rings (SSSR count). The lowest BCUT2D eigenvalue weighted by Crippen LogP contribution is -2.36. The van der Waals surface area contributed by atoms with E-state index in [0.29, 0.717) is 17.9 Å². The van der Waals surface area contributed by atoms with E-state index in [1.807, 2.05) is 19.1 Å². The van der Waals surface area contributed by atoms with Crippen molar-refractivity contribution >= 4 is 23.5 Å². The van der Waals surface area contributed by atoms with Gasteiger partial charge in [-0.3, -0.25) is 9.59 Å². The Morgan fingerprint density at radius 2 is 1.77 bits per heavy atom. The summed E-state index contributed by atoms with van der Waals surface area (Å²) in [6, 6.07) is 6.46. The van der Waals surface area contributed by atoms with Crippen molar-refractivity contribution in [2.45, 2.75) is 26.2 Å². The van der Waals surface area contributed by atoms with Gasteiger partial charge in [0.2, 0.25) is 5.91 Å². The van der Waals surface area contributed by atoms with Gasteiger partial charge in [0.1, 0.15) is 0 Å². The Morgan fingerprint density at radius 3 is 2.38 bits per heavy atom. The van der Waals surface area contributed by atoms with Crippen LogP contribution in [0.5, 0.6) is 0 Å². The van der Waals surface area contributed by atoms with E-state index < -0.39 is 17.8 Å². The van der Waals surface area contributed by atoms with Gasteiger partial charge in [0, 0.05) is 5.69 Å². The van der Waals surface area contributed by atoms with Crippen molar-refractivity contribution in [1.29, 1.82) is 0 Å². The van der Waals surface area contributed by atoms with Crippen molar-refractivity contribution in [2.24, 2.45) is 23.7 Å². The number of esters is 1. The number of aliphatic carboxylic acids is 1. The molecule has 0 saturated heterocycles. The first-order valence-electron chi connectivity index (χ1n) is 9.00. The van der Waals surface area contributed by atoms with Crippen molar-refractivity contribution in [2.75, 3.05) is 11.9 Å². The standard InChI is InChI=1S/C20H23NO5/c1-2-3-10-26-20(25)12-6-8-15(9-7-12)21-18(22)16-13-4-5-14(11-13)17(16)19(23)24/h4-9,13-14,16-17H,2-3,10-11H2,1H3,(H,21,22)(H,23,24)/t13-,14-,16-,17+/m0/s1. The fourth-order valence-electron chi connectivity index (χ4n) is 3.82. The van der Waals surface area contributed by atoms with Gasteiger partial charge in [-0.05, 0) is 48.9 Å². The molecule has 138 valence electrons. The van der Waals surface area contributed by atoms with Crippen molar-refractivity contribution in [3.05, 3.63) is 42.0 Å². The molecule has 2 bridgehead atoms. The average molecular weight is 357 g/mol. The predicted molar refractivity (Wildman–Crippen MR) is 95.6 cm³/mol. The summed E-state index contributed by atoms with van der Waals surface area (Å²) in [6.07, 6.45) is 6.35. The molecular weight excluding hydrogens is 334 g/mol. The fraction of sp³-hybridized carbons (Fsp3) is 0.450. The molecule has 2 aliphatic carbocycles. The number of carbonyl (C=O) groups is 3. The van der Waals surface area contributed by atoms with Crippen LogP contribution in [0.4, 0.5) is 5.69 Å². The lowest BCUT2D eigenvalue weighted by atomic mass is 9.82. The highest BCUT2D eigenvalue weighted by atomic mass is 16.5. The van der Waals surface area contributed by atoms with Crippen molar-refractivity contribution in [3.63, 3.8) is 0 Å². The predicted octanol–water partition coefficient (Wildman–Crippen LogP) is 3.10. The molecule has 0 aliphatic heterocycles. The second kappa shape index (κ2) is 7.72. The normalized spacial score (nSPS) is 25.9. The topological polar surface area (TPSA) is 92.7 Å². The van der Waals surface area contributed by atoms with Gasteiger partial charge in [0.15, 0.2) is 0 Å². The third-order valence-corrected chi connectivity index (χ3v) is 5.17. The molecule has 6 nitrogen and oxygen atoms in total. The zero-order valence-electron chi connectivity index (χ0n) is 14.7. The summed E-state index contributed by atoms with van der Waals surface area (Å²) in [7, 11) is 0. The quantitative estimate of drug-likeness (QED) is 0.444. The third kappa shape index (κ3) is 3.64. The van der Waals surface area contributed by atoms with Crippen LogP contribution in [0.1, 0.15) is 36.5 Å². The SMILES string of the molecule is CCCCOC(=O)c1ccc(NC(=O)[C@@H]2[C@H](C(=O)O)[C@H]3C=C[C@H]2C3)cc1. The van der Waals surface area contributed by atoms with Crippen molar-refractivity contribution in [3.8, 4) is 0 Å². The molecule has 0 radical (unpaired) electrons. The van der Waals surface area contributed by atoms with Crippen LogP contribution in [0.15, 0.2) is 36.4 Å². The van der Waals surface area contributed by atoms with Gasteiger partial charge in [-0.2, -0.15) is 0 Å². The number of hydrogen-bond acceptors (Lipinski definition) is 4. The number of rotatable bonds is 7. The smallest absolute Gasteiger partial charge is 0.338 e. The lowest BCUT2D eigenvalue weighted by molar-refractivity contribution is -0.146. The van der Waals surface area contributed by atoms with E-state index in [4.69, 9.17) is 4.74 Å². The Kier molecular flexibility index (Phi) is 5.40. The molecule has 1 aromatic carbocycles. The van der Waals surface area contributed by atoms with Gasteiger partial charge in [0.05, 0.1) is 24.0 Å². The Balaban J connectivity index is 1.62. The number of benzene rings is 1. The van der Waals surface area contributed by atoms with Crippen LogP contribution in [-0.2, 0) is 14.3 Å². The number of amides is 1. The number of carbonyl (C=O) groups excluding carboxylic acids is 2. The maximum absolute atomic E-state index is 12.6. The van der Waals surface area contributed by atoms with Crippen molar-refractivity contribution < 1.29 is 24.2 Å². The summed E-state index contributed by atoms with van der Waals surface area (Å²) in [5.41, 5.74) is 0.960. The number of carboxylic acids is 1. The molecule has 4 atom stereocenters. The van der Waals surface area contributed by atoms with Crippen LogP contribution in [0.3, 0.4) is 0 Å². The monoisotopic (exact) mass is 357 g/mol. The van der Waals surface area contributed by atoms with Crippen LogP contribution in [0, 0.1) is 23.7 Å². The number of nitrogens with one attached hydrogen (secondary N) is 1. The zero-order chi connectivity index (χ0) is 18.7. The highest BCUT2D eigenvalue weighted by molar-refractivity contribution is 5.97. The minimum absolute atomic E-state index is 0.0195. The lowest BCUT2D eigenvalue weighted by Gasteiger charge is -2.23. The number of ether oxygens (including phenoxy) is 1. The molecule has 0 spiro atoms. The fourth-order valence-corrected chi connectivity index (χ4v) is 3.82. The van der Waals surface area contributed by atoms with E-state index in [-0.39, 0.29) is 23.7 Å². The average Bonchev–Trinajstić information content (AvgIpc) is 3.23. The van der Waals surface area contributed by atoms with Gasteiger partial charge in [-0.1, -0.05) is 25.5 Å². The largest absolute Gasteiger partial charge is 0.481 e. The second-order valence-electron chi connectivity index (χ2n) is 6.89. The number of carboxylic acid groups (broad SMARTS) is 1. The van der Waals surface area contributed by atoms with Crippen LogP contribution >= 0.6 is 0 Å². The first-order chi connectivity index (χ1) is 12.5. The maximum Gasteiger partial charge on any atom is 0.338 e. The summed E-state index contributed by atoms with van der Waals surface area (Å²) in [5.74, 6) is -2.90. The van der Waals surface area contributed by atoms with E-state index >= 15 is 0 Å². The summed E-state index contributed by atoms with van der Waals surface area (Å²) >= 11 is 0. The molecule has 1 fully saturated rings. The highest BCUT2D eigenvalue weighted by Crippen LogP contribution is 2.48. The molecule has 1 saturated carbocycles. The molecular formula is C20H23NO5. The van der Waals surface area contributed by atoms with E-state index in [2.05, 4.69) is 5.32 Å². The molecule has 2 N–H and O–H groups in total. The summed E-state index contributed by atoms with van der Waals surface area (Å²) in [6.45, 7) is 2.41. The Bertz CT molecular complexity index is 724. The summed E-state index contributed by atoms with van der Waals surface area (Å²) < 4.78 is 5.15. The van der Waals surface area contributed by atoms with Gasteiger partial charge >= 0.3 is 11.9 Å². The second-order valence-corrected chi connectivity index (χ2v) is 6.89. The molecule has 0 unspecified atom stereocenters. The number of unbranched alkanes of at least 4 members (excludes halogenated alkanes) is 1. The highest BCUT2D eigenvalue weighted by Gasteiger charge is 2.51. The van der Waals surface area contributed by atoms with Gasteiger partial charge < -0.3 is 15.2 Å². The van der Waals surface area contributed by atoms with Crippen molar-refractivity contribution in [1.82, 2.24) is 0 Å². The Hall–Kier alpha value is -2.63. The zero-order valence-corrected chi connectivity index (χ0v) is 14.7.